The van der Waals surface area contributed by atoms with Crippen molar-refractivity contribution in [3.05, 3.63) is 58.7 Å². The predicted octanol–water partition coefficient (Wildman–Crippen LogP) is 2.30. The minimum Gasteiger partial charge on any atom is -0.493 e. The second kappa shape index (κ2) is 8.24. The quantitative estimate of drug-likeness (QED) is 0.851. The first-order valence-corrected chi connectivity index (χ1v) is 8.67. The Morgan fingerprint density at radius 1 is 1.04 bits per heavy atom. The Kier molecular flexibility index (Phi) is 5.77. The third-order valence-electron chi connectivity index (χ3n) is 4.65. The minimum absolute atomic E-state index is 0.0486. The zero-order valence-electron chi connectivity index (χ0n) is 15.6. The zero-order valence-corrected chi connectivity index (χ0v) is 15.6. The van der Waals surface area contributed by atoms with Crippen molar-refractivity contribution in [3.8, 4) is 11.5 Å². The van der Waals surface area contributed by atoms with E-state index in [0.29, 0.717) is 31.0 Å². The van der Waals surface area contributed by atoms with Crippen LogP contribution in [0.25, 0.3) is 0 Å². The van der Waals surface area contributed by atoms with Gasteiger partial charge in [0.05, 0.1) is 20.8 Å². The largest absolute Gasteiger partial charge is 0.493 e. The lowest BCUT2D eigenvalue weighted by Crippen LogP contribution is -2.42. The number of methoxy groups -OCH3 is 2. The second-order valence-corrected chi connectivity index (χ2v) is 6.35. The van der Waals surface area contributed by atoms with Gasteiger partial charge in [0.25, 0.3) is 5.91 Å². The number of hydrogen-bond acceptors (Lipinski definition) is 4. The molecule has 1 heterocycles. The highest BCUT2D eigenvalue weighted by Gasteiger charge is 2.23. The lowest BCUT2D eigenvalue weighted by molar-refractivity contribution is -0.131. The number of ether oxygens (including phenoxy) is 2. The van der Waals surface area contributed by atoms with Gasteiger partial charge < -0.3 is 19.7 Å². The molecule has 2 amide bonds. The van der Waals surface area contributed by atoms with Crippen molar-refractivity contribution < 1.29 is 27.8 Å². The summed E-state index contributed by atoms with van der Waals surface area (Å²) in [6.45, 7) is 0.651. The minimum atomic E-state index is -1.11. The van der Waals surface area contributed by atoms with E-state index in [4.69, 9.17) is 9.47 Å². The van der Waals surface area contributed by atoms with Gasteiger partial charge in [-0.1, -0.05) is 0 Å². The zero-order chi connectivity index (χ0) is 20.3. The molecule has 1 N–H and O–H groups in total. The highest BCUT2D eigenvalue weighted by atomic mass is 19.2. The monoisotopic (exact) mass is 390 g/mol. The molecule has 0 aromatic heterocycles. The number of amides is 2. The average molecular weight is 390 g/mol. The number of benzene rings is 2. The van der Waals surface area contributed by atoms with Crippen LogP contribution < -0.4 is 14.8 Å². The Labute approximate surface area is 161 Å². The second-order valence-electron chi connectivity index (χ2n) is 6.35. The molecule has 0 radical (unpaired) electrons. The fraction of sp³-hybridized carbons (Fsp3) is 0.300. The molecule has 6 nitrogen and oxygen atoms in total. The summed E-state index contributed by atoms with van der Waals surface area (Å²) in [5, 5.41) is 2.44. The van der Waals surface area contributed by atoms with E-state index in [1.165, 1.54) is 0 Å². The summed E-state index contributed by atoms with van der Waals surface area (Å²) in [5.41, 5.74) is 1.98. The molecule has 1 aliphatic heterocycles. The lowest BCUT2D eigenvalue weighted by Gasteiger charge is -2.29. The van der Waals surface area contributed by atoms with Crippen LogP contribution in [-0.2, 0) is 17.8 Å². The van der Waals surface area contributed by atoms with E-state index in [9.17, 15) is 18.4 Å². The highest BCUT2D eigenvalue weighted by molar-refractivity contribution is 5.96. The Bertz CT molecular complexity index is 917. The van der Waals surface area contributed by atoms with Gasteiger partial charge in [0.15, 0.2) is 23.1 Å². The first kappa shape index (κ1) is 19.6. The van der Waals surface area contributed by atoms with Crippen molar-refractivity contribution in [2.24, 2.45) is 0 Å². The average Bonchev–Trinajstić information content (AvgIpc) is 2.72. The van der Waals surface area contributed by atoms with E-state index < -0.39 is 17.5 Å². The van der Waals surface area contributed by atoms with E-state index in [2.05, 4.69) is 5.32 Å². The van der Waals surface area contributed by atoms with Crippen LogP contribution in [0.3, 0.4) is 0 Å². The maximum Gasteiger partial charge on any atom is 0.251 e. The fourth-order valence-electron chi connectivity index (χ4n) is 3.10. The fourth-order valence-corrected chi connectivity index (χ4v) is 3.10. The molecule has 1 aliphatic rings. The smallest absolute Gasteiger partial charge is 0.251 e. The van der Waals surface area contributed by atoms with Gasteiger partial charge in [-0.25, -0.2) is 8.78 Å². The van der Waals surface area contributed by atoms with Crippen LogP contribution in [0.15, 0.2) is 30.3 Å². The Hall–Kier alpha value is -3.16. The van der Waals surface area contributed by atoms with E-state index in [1.54, 1.807) is 19.1 Å². The van der Waals surface area contributed by atoms with Crippen LogP contribution in [0.4, 0.5) is 8.78 Å². The van der Waals surface area contributed by atoms with Gasteiger partial charge in [0.1, 0.15) is 0 Å². The molecule has 0 saturated carbocycles. The molecule has 0 atom stereocenters. The standard InChI is InChI=1S/C20H20F2N2O4/c1-27-17-8-12-5-6-24(11-14(12)9-18(17)28-2)19(25)10-23-20(26)13-3-4-15(21)16(22)7-13/h3-4,7-9H,5-6,10-11H2,1-2H3,(H,23,26). The molecular formula is C20H20F2N2O4. The number of carbonyl (C=O) groups is 2. The molecule has 0 unspecified atom stereocenters. The summed E-state index contributed by atoms with van der Waals surface area (Å²) in [5.74, 6) is -1.84. The van der Waals surface area contributed by atoms with Crippen molar-refractivity contribution in [2.45, 2.75) is 13.0 Å². The first-order chi connectivity index (χ1) is 13.4. The number of hydrogen-bond donors (Lipinski definition) is 1. The van der Waals surface area contributed by atoms with E-state index in [-0.39, 0.29) is 18.0 Å². The number of carbonyl (C=O) groups excluding carboxylic acids is 2. The van der Waals surface area contributed by atoms with Crippen LogP contribution in [-0.4, -0.2) is 44.0 Å². The van der Waals surface area contributed by atoms with Crippen molar-refractivity contribution in [1.29, 1.82) is 0 Å². The van der Waals surface area contributed by atoms with Crippen molar-refractivity contribution >= 4 is 11.8 Å². The molecule has 0 saturated heterocycles. The van der Waals surface area contributed by atoms with Gasteiger partial charge in [0.2, 0.25) is 5.91 Å². The SMILES string of the molecule is COc1cc2c(cc1OC)CN(C(=O)CNC(=O)c1ccc(F)c(F)c1)CC2. The summed E-state index contributed by atoms with van der Waals surface area (Å²) in [6.07, 6.45) is 0.651. The van der Waals surface area contributed by atoms with Crippen molar-refractivity contribution in [1.82, 2.24) is 10.2 Å². The topological polar surface area (TPSA) is 67.9 Å². The number of rotatable bonds is 5. The van der Waals surface area contributed by atoms with Crippen LogP contribution in [0.2, 0.25) is 0 Å². The molecule has 2 aromatic rings. The number of halogens is 2. The summed E-state index contributed by atoms with van der Waals surface area (Å²) in [7, 11) is 3.11. The predicted molar refractivity (Wildman–Crippen MR) is 97.4 cm³/mol. The van der Waals surface area contributed by atoms with Crippen LogP contribution in [0, 0.1) is 11.6 Å². The molecule has 28 heavy (non-hydrogen) atoms. The highest BCUT2D eigenvalue weighted by Crippen LogP contribution is 2.33. The number of nitrogens with zero attached hydrogens (tertiary/aromatic N) is 1. The summed E-state index contributed by atoms with van der Waals surface area (Å²) in [4.78, 5) is 26.1. The summed E-state index contributed by atoms with van der Waals surface area (Å²) in [6, 6.07) is 6.57. The number of fused-ring (bicyclic) bond motifs is 1. The molecule has 3 rings (SSSR count). The molecule has 2 aromatic carbocycles. The van der Waals surface area contributed by atoms with Crippen molar-refractivity contribution in [3.63, 3.8) is 0 Å². The normalized spacial score (nSPS) is 12.9. The van der Waals surface area contributed by atoms with Gasteiger partial charge in [-0.15, -0.1) is 0 Å². The van der Waals surface area contributed by atoms with E-state index in [0.717, 1.165) is 29.3 Å². The molecule has 0 spiro atoms. The molecule has 8 heteroatoms. The van der Waals surface area contributed by atoms with Crippen LogP contribution in [0.5, 0.6) is 11.5 Å². The Morgan fingerprint density at radius 3 is 2.36 bits per heavy atom. The van der Waals surface area contributed by atoms with E-state index >= 15 is 0 Å². The van der Waals surface area contributed by atoms with E-state index in [1.807, 2.05) is 12.1 Å². The maximum atomic E-state index is 13.2. The molecule has 0 fully saturated rings. The molecular weight excluding hydrogens is 370 g/mol. The summed E-state index contributed by atoms with van der Waals surface area (Å²) < 4.78 is 36.8. The van der Waals surface area contributed by atoms with Crippen molar-refractivity contribution in [2.75, 3.05) is 27.3 Å². The molecule has 148 valence electrons. The van der Waals surface area contributed by atoms with Gasteiger partial charge in [-0.3, -0.25) is 9.59 Å². The van der Waals surface area contributed by atoms with Gasteiger partial charge in [0, 0.05) is 18.7 Å². The Balaban J connectivity index is 1.63. The van der Waals surface area contributed by atoms with Gasteiger partial charge >= 0.3 is 0 Å². The number of nitrogens with one attached hydrogen (secondary N) is 1. The summed E-state index contributed by atoms with van der Waals surface area (Å²) >= 11 is 0. The van der Waals surface area contributed by atoms with Gasteiger partial charge in [-0.05, 0) is 47.9 Å². The van der Waals surface area contributed by atoms with Crippen LogP contribution in [0.1, 0.15) is 21.5 Å². The van der Waals surface area contributed by atoms with Gasteiger partial charge in [-0.2, -0.15) is 0 Å². The first-order valence-electron chi connectivity index (χ1n) is 8.67. The Morgan fingerprint density at radius 2 is 1.71 bits per heavy atom. The lowest BCUT2D eigenvalue weighted by atomic mass is 9.98. The third-order valence-corrected chi connectivity index (χ3v) is 4.65. The third kappa shape index (κ3) is 4.05. The maximum absolute atomic E-state index is 13.2. The molecule has 0 aliphatic carbocycles. The van der Waals surface area contributed by atoms with Crippen LogP contribution >= 0.6 is 0 Å². The molecule has 0 bridgehead atoms.